The van der Waals surface area contributed by atoms with Crippen molar-refractivity contribution in [1.29, 1.82) is 5.40 Å². The largest absolute Gasteiger partial charge is 0.513 e. The van der Waals surface area contributed by atoms with Crippen molar-refractivity contribution in [2.45, 2.75) is 70.4 Å². The van der Waals surface area contributed by atoms with E-state index in [-0.39, 0.29) is 49.1 Å². The van der Waals surface area contributed by atoms with Crippen LogP contribution in [0.15, 0.2) is 47.4 Å². The Labute approximate surface area is 327 Å². The standard InChI is InChI=1S/C39H49N5O11S/c1-23-24(2)34(25(3)31-22-39(4,5)55-33(23)31)56(49,50)44-36(40)42-16-8-9-32(43-37(46)47)35(45)41-17-18-53-38(48)54-28-14-12-26(13-15-28)10-11-27-19-29(51-6)21-30(20-27)52-7/h10-15,19-21,32,43H,8-9,16-18,22H2,1-7H3,(H,41,45)(H,46,47)(H3,40,42,44). The van der Waals surface area contributed by atoms with Crippen molar-refractivity contribution in [3.05, 3.63) is 75.8 Å². The second-order valence-electron chi connectivity index (χ2n) is 13.6. The average Bonchev–Trinajstić information content (AvgIpc) is 3.51. The molecule has 0 saturated carbocycles. The zero-order valence-corrected chi connectivity index (χ0v) is 33.2. The van der Waals surface area contributed by atoms with E-state index >= 15 is 0 Å². The molecular weight excluding hydrogens is 747 g/mol. The molecule has 16 nitrogen and oxygen atoms in total. The molecule has 1 aliphatic heterocycles. The Morgan fingerprint density at radius 1 is 0.946 bits per heavy atom. The Hall–Kier alpha value is -5.97. The molecule has 0 bridgehead atoms. The van der Waals surface area contributed by atoms with E-state index in [4.69, 9.17) is 25.1 Å². The quantitative estimate of drug-likeness (QED) is 0.0280. The number of hydrogen-bond donors (Lipinski definition) is 6. The number of carbonyl (C=O) groups excluding carboxylic acids is 2. The predicted octanol–water partition coefficient (Wildman–Crippen LogP) is 5.06. The number of nitrogens with one attached hydrogen (secondary N) is 5. The van der Waals surface area contributed by atoms with Gasteiger partial charge in [-0.1, -0.05) is 24.3 Å². The minimum atomic E-state index is -4.18. The lowest BCUT2D eigenvalue weighted by molar-refractivity contribution is -0.123. The van der Waals surface area contributed by atoms with Crippen molar-refractivity contribution >= 4 is 46.3 Å². The molecule has 0 radical (unpaired) electrons. The summed E-state index contributed by atoms with van der Waals surface area (Å²) < 4.78 is 63.9. The van der Waals surface area contributed by atoms with E-state index in [1.54, 1.807) is 65.3 Å². The third-order valence-corrected chi connectivity index (χ3v) is 10.5. The minimum absolute atomic E-state index is 0.00297. The summed E-state index contributed by atoms with van der Waals surface area (Å²) in [6.45, 7) is 8.73. The molecule has 0 saturated heterocycles. The van der Waals surface area contributed by atoms with Crippen LogP contribution in [0.3, 0.4) is 0 Å². The van der Waals surface area contributed by atoms with Gasteiger partial charge in [0, 0.05) is 24.6 Å². The Morgan fingerprint density at radius 3 is 2.23 bits per heavy atom. The summed E-state index contributed by atoms with van der Waals surface area (Å²) in [5, 5.41) is 20.0. The smallest absolute Gasteiger partial charge is 0.497 e. The third-order valence-electron chi connectivity index (χ3n) is 8.91. The van der Waals surface area contributed by atoms with Gasteiger partial charge in [-0.25, -0.2) is 22.7 Å². The van der Waals surface area contributed by atoms with Crippen LogP contribution in [0.4, 0.5) is 9.59 Å². The summed E-state index contributed by atoms with van der Waals surface area (Å²) in [4.78, 5) is 36.5. The average molecular weight is 796 g/mol. The van der Waals surface area contributed by atoms with Gasteiger partial charge in [0.1, 0.15) is 41.2 Å². The summed E-state index contributed by atoms with van der Waals surface area (Å²) in [5.41, 5.74) is 3.80. The van der Waals surface area contributed by atoms with E-state index in [1.165, 1.54) is 0 Å². The number of rotatable bonds is 16. The van der Waals surface area contributed by atoms with Gasteiger partial charge in [-0.05, 0) is 99.5 Å². The van der Waals surface area contributed by atoms with Crippen LogP contribution in [0.5, 0.6) is 23.0 Å². The molecule has 1 heterocycles. The molecule has 3 aromatic rings. The number of methoxy groups -OCH3 is 2. The van der Waals surface area contributed by atoms with Gasteiger partial charge in [-0.2, -0.15) is 0 Å². The van der Waals surface area contributed by atoms with Crippen molar-refractivity contribution in [3.8, 4) is 23.0 Å². The zero-order valence-electron chi connectivity index (χ0n) is 33.4. The monoisotopic (exact) mass is 795 g/mol. The number of carbonyl (C=O) groups is 3. The first-order valence-corrected chi connectivity index (χ1v) is 19.2. The summed E-state index contributed by atoms with van der Waals surface area (Å²) in [5.74, 6) is 1.20. The van der Waals surface area contributed by atoms with E-state index in [0.29, 0.717) is 40.4 Å². The summed E-state index contributed by atoms with van der Waals surface area (Å²) in [7, 11) is -1.03. The molecule has 17 heteroatoms. The number of amides is 2. The van der Waals surface area contributed by atoms with Gasteiger partial charge in [0.05, 0.1) is 25.7 Å². The van der Waals surface area contributed by atoms with Crippen LogP contribution in [-0.2, 0) is 26.0 Å². The number of guanidine groups is 1. The first kappa shape index (κ1) is 41.2. The number of hydrogen-bond acceptors (Lipinski definition) is 11. The fourth-order valence-electron chi connectivity index (χ4n) is 6.12. The molecule has 56 heavy (non-hydrogen) atoms. The van der Waals surface area contributed by atoms with Crippen LogP contribution in [0.2, 0.25) is 1.41 Å². The van der Waals surface area contributed by atoms with Gasteiger partial charge < -0.3 is 44.7 Å². The molecule has 4 rings (SSSR count). The van der Waals surface area contributed by atoms with Crippen LogP contribution < -0.4 is 39.6 Å². The van der Waals surface area contributed by atoms with Crippen molar-refractivity contribution in [2.24, 2.45) is 0 Å². The van der Waals surface area contributed by atoms with Gasteiger partial charge >= 0.3 is 12.2 Å². The zero-order chi connectivity index (χ0) is 41.9. The highest BCUT2D eigenvalue weighted by Crippen LogP contribution is 2.43. The van der Waals surface area contributed by atoms with Crippen molar-refractivity contribution in [1.82, 2.24) is 20.7 Å². The number of benzene rings is 3. The Morgan fingerprint density at radius 2 is 1.61 bits per heavy atom. The van der Waals surface area contributed by atoms with Crippen LogP contribution in [-0.4, -0.2) is 83.2 Å². The van der Waals surface area contributed by atoms with Gasteiger partial charge in [0.25, 0.3) is 10.0 Å². The van der Waals surface area contributed by atoms with Gasteiger partial charge in [0.15, 0.2) is 1.41 Å². The fraction of sp³-hybridized carbons (Fsp3) is 0.385. The predicted molar refractivity (Wildman–Crippen MR) is 209 cm³/mol. The Kier molecular flexibility index (Phi) is 13.7. The van der Waals surface area contributed by atoms with Crippen LogP contribution in [0.1, 0.15) is 60.1 Å². The maximum absolute atomic E-state index is 13.5. The van der Waals surface area contributed by atoms with E-state index < -0.39 is 39.8 Å². The first-order valence-electron chi connectivity index (χ1n) is 18.1. The summed E-state index contributed by atoms with van der Waals surface area (Å²) in [6.07, 6.45) is 2.02. The molecule has 0 fully saturated rings. The molecule has 6 N–H and O–H groups in total. The topological polar surface area (TPSA) is 224 Å². The van der Waals surface area contributed by atoms with Crippen molar-refractivity contribution < 1.29 is 53.0 Å². The second kappa shape index (κ2) is 18.6. The van der Waals surface area contributed by atoms with Crippen LogP contribution in [0, 0.1) is 26.2 Å². The van der Waals surface area contributed by atoms with Crippen molar-refractivity contribution in [2.75, 3.05) is 33.9 Å². The summed E-state index contributed by atoms with van der Waals surface area (Å²) in [6, 6.07) is 11.0. The highest BCUT2D eigenvalue weighted by Gasteiger charge is 2.36. The maximum Gasteiger partial charge on any atom is 0.513 e. The lowest BCUT2D eigenvalue weighted by Gasteiger charge is -2.20. The molecule has 2 amide bonds. The Bertz CT molecular complexity index is 2100. The maximum atomic E-state index is 13.5. The Balaban J connectivity index is 1.21. The molecule has 1 unspecified atom stereocenters. The second-order valence-corrected chi connectivity index (χ2v) is 15.2. The number of sulfonamides is 1. The van der Waals surface area contributed by atoms with Crippen molar-refractivity contribution in [3.63, 3.8) is 0 Å². The van der Waals surface area contributed by atoms with Crippen LogP contribution in [0.25, 0.3) is 12.2 Å². The SMILES string of the molecule is [H]/N=C(\NCCCC(NC(=O)O)C(=O)NCCOC(=O)Oc1ccc(C=Cc2cc(OC)cc(OC)c2)cc1)NS(=O)(=O)c1c(C)c(C)c2c(c1C)CC(C)(C)O2. The fourth-order valence-corrected chi connectivity index (χ4v) is 7.63. The number of ether oxygens (including phenoxy) is 5. The number of fused-ring (bicyclic) bond motifs is 1. The number of carboxylic acid groups (broad SMARTS) is 1. The van der Waals surface area contributed by atoms with E-state index in [1.807, 2.05) is 38.1 Å². The highest BCUT2D eigenvalue weighted by atomic mass is 32.2. The normalized spacial score (nSPS) is 14.1. The molecular formula is C39H49N5O11S. The first-order chi connectivity index (χ1) is 27.0. The lowest BCUT2D eigenvalue weighted by atomic mass is 9.94. The minimum Gasteiger partial charge on any atom is -0.497 e. The molecule has 1 atom stereocenters. The van der Waals surface area contributed by atoms with Gasteiger partial charge in [-0.3, -0.25) is 10.2 Å². The third kappa shape index (κ3) is 11.5. The summed E-state index contributed by atoms with van der Waals surface area (Å²) >= 11 is 0. The van der Waals surface area contributed by atoms with E-state index in [0.717, 1.165) is 16.7 Å². The molecule has 302 valence electrons. The van der Waals surface area contributed by atoms with Gasteiger partial charge in [0.2, 0.25) is 11.9 Å². The molecule has 3 aromatic carbocycles. The van der Waals surface area contributed by atoms with Crippen LogP contribution >= 0.6 is 0 Å². The molecule has 0 aliphatic carbocycles. The lowest BCUT2D eigenvalue weighted by Crippen LogP contribution is -2.47. The highest BCUT2D eigenvalue weighted by molar-refractivity contribution is 7.90. The van der Waals surface area contributed by atoms with Gasteiger partial charge in [-0.15, -0.1) is 0 Å². The molecule has 1 aliphatic rings. The van der Waals surface area contributed by atoms with E-state index in [9.17, 15) is 27.9 Å². The molecule has 0 aromatic heterocycles. The molecule has 0 spiro atoms. The van der Waals surface area contributed by atoms with E-state index in [2.05, 4.69) is 26.1 Å².